The second-order valence-corrected chi connectivity index (χ2v) is 9.15. The first kappa shape index (κ1) is 22.3. The van der Waals surface area contributed by atoms with Gasteiger partial charge < -0.3 is 15.2 Å². The summed E-state index contributed by atoms with van der Waals surface area (Å²) in [5.74, 6) is -0.772. The van der Waals surface area contributed by atoms with Gasteiger partial charge in [-0.2, -0.15) is 5.26 Å². The van der Waals surface area contributed by atoms with Gasteiger partial charge in [-0.05, 0) is 37.6 Å². The Balaban J connectivity index is 1.44. The van der Waals surface area contributed by atoms with Crippen LogP contribution >= 0.6 is 0 Å². The van der Waals surface area contributed by atoms with Crippen molar-refractivity contribution in [1.29, 1.82) is 5.26 Å². The number of aromatic nitrogens is 1. The summed E-state index contributed by atoms with van der Waals surface area (Å²) < 4.78 is 0. The van der Waals surface area contributed by atoms with E-state index in [0.717, 1.165) is 67.8 Å². The molecule has 1 saturated carbocycles. The number of fused-ring (bicyclic) bond motifs is 1. The highest BCUT2D eigenvalue weighted by Crippen LogP contribution is 2.27. The van der Waals surface area contributed by atoms with Crippen molar-refractivity contribution in [2.45, 2.75) is 38.3 Å². The molecule has 2 amide bonds. The lowest BCUT2D eigenvalue weighted by molar-refractivity contribution is -0.133. The molecule has 8 nitrogen and oxygen atoms in total. The molecule has 2 fully saturated rings. The number of nitriles is 1. The molecule has 2 heterocycles. The molecular weight excluding hydrogens is 404 g/mol. The van der Waals surface area contributed by atoms with Gasteiger partial charge in [-0.15, -0.1) is 0 Å². The molecule has 2 aromatic rings. The van der Waals surface area contributed by atoms with Crippen molar-refractivity contribution in [2.75, 3.05) is 40.3 Å². The summed E-state index contributed by atoms with van der Waals surface area (Å²) >= 11 is 0. The Morgan fingerprint density at radius 3 is 2.69 bits per heavy atom. The number of likely N-dealkylation sites (N-methyl/N-ethyl adjacent to an activating group) is 1. The molecule has 1 aliphatic carbocycles. The number of hydrogen-bond donors (Lipinski definition) is 2. The number of carbonyl (C=O) groups is 2. The molecule has 1 aliphatic heterocycles. The molecule has 0 radical (unpaired) electrons. The van der Waals surface area contributed by atoms with Crippen molar-refractivity contribution in [3.63, 3.8) is 0 Å². The molecule has 0 unspecified atom stereocenters. The Morgan fingerprint density at radius 1 is 1.19 bits per heavy atom. The minimum absolute atomic E-state index is 0.203. The Labute approximate surface area is 189 Å². The first-order valence-electron chi connectivity index (χ1n) is 11.5. The van der Waals surface area contributed by atoms with Crippen LogP contribution in [-0.4, -0.2) is 77.8 Å². The fraction of sp³-hybridized carbons (Fsp3) is 0.542. The SMILES string of the molecule is CN1CCN(Cc2ccc3cc(C(=O)N[C@H]4CCCC[C@H]4C(=O)N(C)C#N)[nH]c3c2)CC1. The average molecular weight is 437 g/mol. The van der Waals surface area contributed by atoms with Crippen LogP contribution in [-0.2, 0) is 11.3 Å². The van der Waals surface area contributed by atoms with E-state index in [0.29, 0.717) is 12.1 Å². The summed E-state index contributed by atoms with van der Waals surface area (Å²) in [5.41, 5.74) is 2.68. The number of rotatable bonds is 5. The number of nitrogens with zero attached hydrogens (tertiary/aromatic N) is 4. The summed E-state index contributed by atoms with van der Waals surface area (Å²) in [6, 6.07) is 7.93. The van der Waals surface area contributed by atoms with E-state index in [1.54, 1.807) is 0 Å². The third kappa shape index (κ3) is 4.95. The highest BCUT2D eigenvalue weighted by atomic mass is 16.2. The first-order chi connectivity index (χ1) is 15.4. The normalized spacial score (nSPS) is 22.4. The largest absolute Gasteiger partial charge is 0.351 e. The van der Waals surface area contributed by atoms with Crippen LogP contribution in [0, 0.1) is 17.4 Å². The molecule has 170 valence electrons. The summed E-state index contributed by atoms with van der Waals surface area (Å²) in [7, 11) is 3.63. The lowest BCUT2D eigenvalue weighted by atomic mass is 9.83. The Hall–Kier alpha value is -2.89. The van der Waals surface area contributed by atoms with Crippen molar-refractivity contribution < 1.29 is 9.59 Å². The maximum absolute atomic E-state index is 13.0. The average Bonchev–Trinajstić information content (AvgIpc) is 3.23. The van der Waals surface area contributed by atoms with Gasteiger partial charge in [0.25, 0.3) is 5.91 Å². The molecule has 2 N–H and O–H groups in total. The summed E-state index contributed by atoms with van der Waals surface area (Å²) in [6.07, 6.45) is 5.22. The lowest BCUT2D eigenvalue weighted by Crippen LogP contribution is -2.48. The third-order valence-corrected chi connectivity index (χ3v) is 6.81. The number of benzene rings is 1. The molecule has 1 aromatic heterocycles. The molecule has 1 aromatic carbocycles. The van der Waals surface area contributed by atoms with E-state index in [-0.39, 0.29) is 23.8 Å². The Bertz CT molecular complexity index is 1020. The molecule has 2 aliphatic rings. The van der Waals surface area contributed by atoms with Gasteiger partial charge in [0.05, 0.1) is 5.92 Å². The van der Waals surface area contributed by atoms with Crippen LogP contribution < -0.4 is 5.32 Å². The predicted molar refractivity (Wildman–Crippen MR) is 123 cm³/mol. The topological polar surface area (TPSA) is 95.5 Å². The van der Waals surface area contributed by atoms with Crippen LogP contribution in [0.15, 0.2) is 24.3 Å². The van der Waals surface area contributed by atoms with Gasteiger partial charge in [-0.25, -0.2) is 0 Å². The zero-order chi connectivity index (χ0) is 22.7. The number of piperazine rings is 1. The number of aromatic amines is 1. The molecule has 32 heavy (non-hydrogen) atoms. The Morgan fingerprint density at radius 2 is 1.94 bits per heavy atom. The van der Waals surface area contributed by atoms with Gasteiger partial charge >= 0.3 is 0 Å². The van der Waals surface area contributed by atoms with E-state index >= 15 is 0 Å². The molecule has 1 saturated heterocycles. The highest BCUT2D eigenvalue weighted by molar-refractivity contribution is 5.98. The number of hydrogen-bond acceptors (Lipinski definition) is 5. The van der Waals surface area contributed by atoms with E-state index in [4.69, 9.17) is 5.26 Å². The number of nitrogens with one attached hydrogen (secondary N) is 2. The van der Waals surface area contributed by atoms with E-state index < -0.39 is 0 Å². The van der Waals surface area contributed by atoms with Gasteiger partial charge in [0.1, 0.15) is 5.69 Å². The van der Waals surface area contributed by atoms with E-state index in [1.165, 1.54) is 12.6 Å². The molecule has 2 atom stereocenters. The second-order valence-electron chi connectivity index (χ2n) is 9.15. The zero-order valence-corrected chi connectivity index (χ0v) is 18.9. The number of H-pyrrole nitrogens is 1. The second kappa shape index (κ2) is 9.72. The zero-order valence-electron chi connectivity index (χ0n) is 18.9. The van der Waals surface area contributed by atoms with Crippen LogP contribution in [0.2, 0.25) is 0 Å². The van der Waals surface area contributed by atoms with Crippen LogP contribution in [0.5, 0.6) is 0 Å². The van der Waals surface area contributed by atoms with Gasteiger partial charge in [0, 0.05) is 56.7 Å². The van der Waals surface area contributed by atoms with Crippen LogP contribution in [0.1, 0.15) is 41.7 Å². The predicted octanol–water partition coefficient (Wildman–Crippen LogP) is 2.14. The summed E-state index contributed by atoms with van der Waals surface area (Å²) in [6.45, 7) is 5.21. The van der Waals surface area contributed by atoms with Gasteiger partial charge in [-0.1, -0.05) is 25.0 Å². The van der Waals surface area contributed by atoms with Crippen LogP contribution in [0.4, 0.5) is 0 Å². The summed E-state index contributed by atoms with van der Waals surface area (Å²) in [4.78, 5) is 34.7. The minimum Gasteiger partial charge on any atom is -0.351 e. The van der Waals surface area contributed by atoms with E-state index in [2.05, 4.69) is 45.3 Å². The van der Waals surface area contributed by atoms with Crippen molar-refractivity contribution in [2.24, 2.45) is 5.92 Å². The summed E-state index contributed by atoms with van der Waals surface area (Å²) in [5, 5.41) is 13.1. The van der Waals surface area contributed by atoms with Crippen LogP contribution in [0.25, 0.3) is 10.9 Å². The van der Waals surface area contributed by atoms with Gasteiger partial charge in [0.15, 0.2) is 6.19 Å². The Kier molecular flexibility index (Phi) is 6.77. The lowest BCUT2D eigenvalue weighted by Gasteiger charge is -2.32. The van der Waals surface area contributed by atoms with E-state index in [1.807, 2.05) is 12.3 Å². The van der Waals surface area contributed by atoms with Crippen molar-refractivity contribution >= 4 is 22.7 Å². The molecule has 0 bridgehead atoms. The molecule has 8 heteroatoms. The maximum atomic E-state index is 13.0. The minimum atomic E-state index is -0.350. The number of amides is 2. The quantitative estimate of drug-likeness (QED) is 0.553. The molecule has 4 rings (SSSR count). The monoisotopic (exact) mass is 436 g/mol. The van der Waals surface area contributed by atoms with Crippen molar-refractivity contribution in [3.05, 3.63) is 35.5 Å². The van der Waals surface area contributed by atoms with E-state index in [9.17, 15) is 9.59 Å². The van der Waals surface area contributed by atoms with Crippen LogP contribution in [0.3, 0.4) is 0 Å². The standard InChI is InChI=1S/C24H32N6O2/c1-28-9-11-30(12-10-28)15-17-7-8-18-14-22(26-21(18)13-17)23(31)27-20-6-4-3-5-19(20)24(32)29(2)16-25/h7-8,13-14,19-20,26H,3-6,9-12,15H2,1-2H3,(H,27,31)/t19-,20+/m1/s1. The highest BCUT2D eigenvalue weighted by Gasteiger charge is 2.34. The van der Waals surface area contributed by atoms with Gasteiger partial charge in [0.2, 0.25) is 5.91 Å². The third-order valence-electron chi connectivity index (χ3n) is 6.81. The van der Waals surface area contributed by atoms with Gasteiger partial charge in [-0.3, -0.25) is 19.4 Å². The van der Waals surface area contributed by atoms with Crippen molar-refractivity contribution in [1.82, 2.24) is 25.0 Å². The first-order valence-corrected chi connectivity index (χ1v) is 11.5. The number of carbonyl (C=O) groups excluding carboxylic acids is 2. The smallest absolute Gasteiger partial charge is 0.267 e. The fourth-order valence-electron chi connectivity index (χ4n) is 4.80. The molecule has 0 spiro atoms. The van der Waals surface area contributed by atoms with Crippen molar-refractivity contribution in [3.8, 4) is 6.19 Å². The molecular formula is C24H32N6O2. The maximum Gasteiger partial charge on any atom is 0.267 e. The fourth-order valence-corrected chi connectivity index (χ4v) is 4.80.